The van der Waals surface area contributed by atoms with Crippen LogP contribution in [0.1, 0.15) is 25.8 Å². The molecule has 0 unspecified atom stereocenters. The fraction of sp³-hybridized carbons (Fsp3) is 0.600. The number of hydrogen-bond acceptors (Lipinski definition) is 2. The highest BCUT2D eigenvalue weighted by molar-refractivity contribution is 6.31. The maximum Gasteiger partial charge on any atom is 0.124 e. The summed E-state index contributed by atoms with van der Waals surface area (Å²) in [7, 11) is 0. The lowest BCUT2D eigenvalue weighted by Gasteiger charge is -2.30. The quantitative estimate of drug-likeness (QED) is 0.892. The predicted molar refractivity (Wildman–Crippen MR) is 77.9 cm³/mol. The van der Waals surface area contributed by atoms with Gasteiger partial charge in [0.15, 0.2) is 0 Å². The molecular weight excluding hydrogens is 263 g/mol. The molecule has 1 aliphatic rings. The molecule has 2 nitrogen and oxygen atoms in total. The van der Waals surface area contributed by atoms with Crippen LogP contribution in [0.3, 0.4) is 0 Å². The number of hydrogen-bond donors (Lipinski definition) is 1. The first-order valence-corrected chi connectivity index (χ1v) is 7.32. The molecule has 106 valence electrons. The fourth-order valence-corrected chi connectivity index (χ4v) is 2.86. The SMILES string of the molecule is CC(C)CN(Cc1ccc(F)cc1Cl)[C@H]1CCNC1. The van der Waals surface area contributed by atoms with Crippen LogP contribution < -0.4 is 5.32 Å². The van der Waals surface area contributed by atoms with Gasteiger partial charge in [0.2, 0.25) is 0 Å². The molecule has 4 heteroatoms. The third-order valence-electron chi connectivity index (χ3n) is 3.54. The lowest BCUT2D eigenvalue weighted by atomic mass is 10.1. The molecule has 1 N–H and O–H groups in total. The topological polar surface area (TPSA) is 15.3 Å². The molecule has 1 fully saturated rings. The second-order valence-corrected chi connectivity index (χ2v) is 6.11. The minimum Gasteiger partial charge on any atom is -0.315 e. The van der Waals surface area contributed by atoms with Crippen molar-refractivity contribution in [1.29, 1.82) is 0 Å². The Hall–Kier alpha value is -0.640. The van der Waals surface area contributed by atoms with Crippen molar-refractivity contribution in [2.75, 3.05) is 19.6 Å². The average Bonchev–Trinajstić information content (AvgIpc) is 2.84. The number of benzene rings is 1. The van der Waals surface area contributed by atoms with Crippen molar-refractivity contribution in [2.45, 2.75) is 32.9 Å². The van der Waals surface area contributed by atoms with E-state index in [1.165, 1.54) is 18.6 Å². The van der Waals surface area contributed by atoms with Crippen molar-refractivity contribution < 1.29 is 4.39 Å². The maximum atomic E-state index is 13.1. The molecule has 0 radical (unpaired) electrons. The van der Waals surface area contributed by atoms with Crippen molar-refractivity contribution in [3.05, 3.63) is 34.6 Å². The van der Waals surface area contributed by atoms with E-state index < -0.39 is 0 Å². The van der Waals surface area contributed by atoms with Crippen LogP contribution in [0.2, 0.25) is 5.02 Å². The fourth-order valence-electron chi connectivity index (χ4n) is 2.63. The largest absolute Gasteiger partial charge is 0.315 e. The number of halogens is 2. The van der Waals surface area contributed by atoms with Gasteiger partial charge >= 0.3 is 0 Å². The second-order valence-electron chi connectivity index (χ2n) is 5.71. The minimum absolute atomic E-state index is 0.272. The smallest absolute Gasteiger partial charge is 0.124 e. The highest BCUT2D eigenvalue weighted by Gasteiger charge is 2.23. The highest BCUT2D eigenvalue weighted by Crippen LogP contribution is 2.22. The first-order chi connectivity index (χ1) is 9.06. The molecule has 0 bridgehead atoms. The van der Waals surface area contributed by atoms with E-state index in [2.05, 4.69) is 24.1 Å². The lowest BCUT2D eigenvalue weighted by molar-refractivity contribution is 0.177. The van der Waals surface area contributed by atoms with E-state index in [0.717, 1.165) is 31.7 Å². The Morgan fingerprint density at radius 1 is 1.47 bits per heavy atom. The molecule has 1 heterocycles. The predicted octanol–water partition coefficient (Wildman–Crippen LogP) is 3.30. The van der Waals surface area contributed by atoms with E-state index in [0.29, 0.717) is 17.0 Å². The third-order valence-corrected chi connectivity index (χ3v) is 3.89. The van der Waals surface area contributed by atoms with Gasteiger partial charge in [-0.05, 0) is 36.6 Å². The standard InChI is InChI=1S/C15H22ClFN2/c1-11(2)9-19(14-5-6-18-8-14)10-12-3-4-13(17)7-15(12)16/h3-4,7,11,14,18H,5-6,8-10H2,1-2H3/t14-/m0/s1. The normalized spacial score (nSPS) is 19.6. The third kappa shape index (κ3) is 4.16. The van der Waals surface area contributed by atoms with Crippen molar-refractivity contribution in [3.8, 4) is 0 Å². The van der Waals surface area contributed by atoms with E-state index in [1.54, 1.807) is 6.07 Å². The summed E-state index contributed by atoms with van der Waals surface area (Å²) < 4.78 is 13.1. The van der Waals surface area contributed by atoms with Crippen molar-refractivity contribution in [2.24, 2.45) is 5.92 Å². The molecule has 1 aromatic carbocycles. The first kappa shape index (κ1) is 14.8. The van der Waals surface area contributed by atoms with Crippen LogP contribution in [0.25, 0.3) is 0 Å². The Balaban J connectivity index is 2.09. The van der Waals surface area contributed by atoms with Crippen molar-refractivity contribution in [1.82, 2.24) is 10.2 Å². The van der Waals surface area contributed by atoms with Gasteiger partial charge in [-0.1, -0.05) is 31.5 Å². The van der Waals surface area contributed by atoms with Crippen LogP contribution in [-0.2, 0) is 6.54 Å². The highest BCUT2D eigenvalue weighted by atomic mass is 35.5. The summed E-state index contributed by atoms with van der Waals surface area (Å²) in [6.45, 7) is 8.40. The maximum absolute atomic E-state index is 13.1. The molecule has 2 rings (SSSR count). The van der Waals surface area contributed by atoms with Crippen LogP contribution in [-0.4, -0.2) is 30.6 Å². The van der Waals surface area contributed by atoms with Gasteiger partial charge in [-0.25, -0.2) is 4.39 Å². The van der Waals surface area contributed by atoms with Crippen LogP contribution >= 0.6 is 11.6 Å². The molecule has 19 heavy (non-hydrogen) atoms. The Morgan fingerprint density at radius 2 is 2.26 bits per heavy atom. The van der Waals surface area contributed by atoms with Gasteiger partial charge in [0.1, 0.15) is 5.82 Å². The van der Waals surface area contributed by atoms with Crippen molar-refractivity contribution in [3.63, 3.8) is 0 Å². The van der Waals surface area contributed by atoms with Crippen LogP contribution in [0, 0.1) is 11.7 Å². The van der Waals surface area contributed by atoms with Gasteiger partial charge in [-0.15, -0.1) is 0 Å². The van der Waals surface area contributed by atoms with E-state index in [4.69, 9.17) is 11.6 Å². The minimum atomic E-state index is -0.272. The Morgan fingerprint density at radius 3 is 2.84 bits per heavy atom. The van der Waals surface area contributed by atoms with Crippen molar-refractivity contribution >= 4 is 11.6 Å². The molecule has 1 aliphatic heterocycles. The average molecular weight is 285 g/mol. The zero-order valence-electron chi connectivity index (χ0n) is 11.6. The molecule has 0 aliphatic carbocycles. The first-order valence-electron chi connectivity index (χ1n) is 6.95. The van der Waals surface area contributed by atoms with Gasteiger partial charge in [-0.3, -0.25) is 4.90 Å². The summed E-state index contributed by atoms with van der Waals surface area (Å²) in [4.78, 5) is 2.46. The van der Waals surface area contributed by atoms with Gasteiger partial charge in [0.05, 0.1) is 0 Å². The van der Waals surface area contributed by atoms with Crippen LogP contribution in [0.5, 0.6) is 0 Å². The van der Waals surface area contributed by atoms with Gasteiger partial charge in [0, 0.05) is 30.7 Å². The zero-order chi connectivity index (χ0) is 13.8. The second kappa shape index (κ2) is 6.69. The summed E-state index contributed by atoms with van der Waals surface area (Å²) in [5.41, 5.74) is 1.01. The zero-order valence-corrected chi connectivity index (χ0v) is 12.4. The Labute approximate surface area is 119 Å². The van der Waals surface area contributed by atoms with E-state index >= 15 is 0 Å². The summed E-state index contributed by atoms with van der Waals surface area (Å²) in [5, 5.41) is 3.93. The number of nitrogens with zero attached hydrogens (tertiary/aromatic N) is 1. The molecule has 0 spiro atoms. The monoisotopic (exact) mass is 284 g/mol. The van der Waals surface area contributed by atoms with Crippen LogP contribution in [0.15, 0.2) is 18.2 Å². The lowest BCUT2D eigenvalue weighted by Crippen LogP contribution is -2.38. The Kier molecular flexibility index (Phi) is 5.20. The summed E-state index contributed by atoms with van der Waals surface area (Å²) in [6, 6.07) is 5.25. The summed E-state index contributed by atoms with van der Waals surface area (Å²) >= 11 is 6.13. The molecule has 1 saturated heterocycles. The van der Waals surface area contributed by atoms with Gasteiger partial charge in [-0.2, -0.15) is 0 Å². The van der Waals surface area contributed by atoms with E-state index in [1.807, 2.05) is 0 Å². The number of nitrogens with one attached hydrogen (secondary N) is 1. The summed E-state index contributed by atoms with van der Waals surface area (Å²) in [6.07, 6.45) is 1.17. The molecule has 0 saturated carbocycles. The molecule has 0 aromatic heterocycles. The summed E-state index contributed by atoms with van der Waals surface area (Å²) in [5.74, 6) is 0.339. The molecular formula is C15H22ClFN2. The van der Waals surface area contributed by atoms with Crippen LogP contribution in [0.4, 0.5) is 4.39 Å². The number of rotatable bonds is 5. The van der Waals surface area contributed by atoms with Gasteiger partial charge < -0.3 is 5.32 Å². The van der Waals surface area contributed by atoms with E-state index in [-0.39, 0.29) is 5.82 Å². The molecule has 0 amide bonds. The molecule has 1 atom stereocenters. The molecule has 1 aromatic rings. The van der Waals surface area contributed by atoms with Gasteiger partial charge in [0.25, 0.3) is 0 Å². The van der Waals surface area contributed by atoms with E-state index in [9.17, 15) is 4.39 Å². The Bertz CT molecular complexity index is 417.